The molecule has 0 saturated carbocycles. The average Bonchev–Trinajstić information content (AvgIpc) is 2.29. The molecule has 0 atom stereocenters. The molecular formula is C6H13N5O2S. The molecule has 0 unspecified atom stereocenters. The van der Waals surface area contributed by atoms with Crippen molar-refractivity contribution in [1.29, 1.82) is 0 Å². The number of hydrogen-bond donors (Lipinski definition) is 1. The first-order valence-electron chi connectivity index (χ1n) is 3.98. The van der Waals surface area contributed by atoms with Crippen molar-refractivity contribution in [2.75, 3.05) is 0 Å². The van der Waals surface area contributed by atoms with Crippen LogP contribution in [0, 0.1) is 0 Å². The summed E-state index contributed by atoms with van der Waals surface area (Å²) in [5.74, 6) is -0.272. The van der Waals surface area contributed by atoms with Crippen LogP contribution in [-0.4, -0.2) is 28.6 Å². The Labute approximate surface area is 82.3 Å². The Morgan fingerprint density at radius 3 is 2.36 bits per heavy atom. The van der Waals surface area contributed by atoms with Crippen molar-refractivity contribution in [3.05, 3.63) is 5.82 Å². The molecule has 1 aromatic heterocycles. The number of nitrogens with two attached hydrogens (primary N) is 1. The smallest absolute Gasteiger partial charge is 0.216 e. The number of nitrogens with zero attached hydrogens (tertiary/aromatic N) is 4. The molecule has 0 aliphatic carbocycles. The van der Waals surface area contributed by atoms with Gasteiger partial charge < -0.3 is 0 Å². The highest BCUT2D eigenvalue weighted by molar-refractivity contribution is 7.88. The highest BCUT2D eigenvalue weighted by atomic mass is 32.2. The van der Waals surface area contributed by atoms with Gasteiger partial charge in [0.15, 0.2) is 5.82 Å². The Morgan fingerprint density at radius 2 is 2.00 bits per heavy atom. The maximum atomic E-state index is 10.7. The molecule has 1 aromatic rings. The highest BCUT2D eigenvalue weighted by Crippen LogP contribution is 2.09. The van der Waals surface area contributed by atoms with Crippen LogP contribution in [0.3, 0.4) is 0 Å². The molecule has 0 amide bonds. The molecule has 14 heavy (non-hydrogen) atoms. The van der Waals surface area contributed by atoms with Gasteiger partial charge in [-0.25, -0.2) is 13.6 Å². The van der Waals surface area contributed by atoms with E-state index in [-0.39, 0.29) is 17.1 Å². The molecule has 0 fully saturated rings. The number of hydrogen-bond acceptors (Lipinski definition) is 5. The summed E-state index contributed by atoms with van der Waals surface area (Å²) in [6.45, 7) is 5.65. The van der Waals surface area contributed by atoms with Gasteiger partial charge in [0.1, 0.15) is 5.75 Å². The minimum Gasteiger partial charge on any atom is -0.228 e. The second-order valence-corrected chi connectivity index (χ2v) is 5.59. The molecule has 7 nitrogen and oxygen atoms in total. The fraction of sp³-hybridized carbons (Fsp3) is 0.833. The van der Waals surface area contributed by atoms with E-state index < -0.39 is 10.0 Å². The van der Waals surface area contributed by atoms with Gasteiger partial charge in [0.25, 0.3) is 0 Å². The molecule has 0 aromatic carbocycles. The van der Waals surface area contributed by atoms with Crippen LogP contribution < -0.4 is 5.14 Å². The maximum absolute atomic E-state index is 10.7. The Hall–Kier alpha value is -1.02. The standard InChI is InChI=1S/C6H13N5O2S/c1-6(2,3)11-9-5(8-10-11)4-14(7,12)13/h4H2,1-3H3,(H2,7,12,13). The zero-order valence-electron chi connectivity index (χ0n) is 8.30. The summed E-state index contributed by atoms with van der Waals surface area (Å²) >= 11 is 0. The monoisotopic (exact) mass is 219 g/mol. The fourth-order valence-electron chi connectivity index (χ4n) is 0.765. The number of rotatable bonds is 2. The summed E-state index contributed by atoms with van der Waals surface area (Å²) in [5, 5.41) is 16.1. The van der Waals surface area contributed by atoms with Crippen LogP contribution in [0.5, 0.6) is 0 Å². The quantitative estimate of drug-likeness (QED) is 0.702. The normalized spacial score (nSPS) is 13.1. The molecule has 0 bridgehead atoms. The van der Waals surface area contributed by atoms with Gasteiger partial charge in [-0.15, -0.1) is 10.2 Å². The van der Waals surface area contributed by atoms with E-state index in [0.717, 1.165) is 0 Å². The van der Waals surface area contributed by atoms with Crippen LogP contribution in [0.2, 0.25) is 0 Å². The third kappa shape index (κ3) is 3.04. The zero-order chi connectivity index (χ0) is 11.0. The molecule has 1 heterocycles. The van der Waals surface area contributed by atoms with E-state index in [2.05, 4.69) is 15.4 Å². The maximum Gasteiger partial charge on any atom is 0.216 e. The van der Waals surface area contributed by atoms with Crippen molar-refractivity contribution in [1.82, 2.24) is 20.2 Å². The van der Waals surface area contributed by atoms with E-state index in [0.29, 0.717) is 0 Å². The van der Waals surface area contributed by atoms with Gasteiger partial charge in [-0.1, -0.05) is 0 Å². The van der Waals surface area contributed by atoms with Crippen LogP contribution in [-0.2, 0) is 21.3 Å². The fourth-order valence-corrected chi connectivity index (χ4v) is 1.24. The van der Waals surface area contributed by atoms with Crippen molar-refractivity contribution in [3.8, 4) is 0 Å². The summed E-state index contributed by atoms with van der Waals surface area (Å²) in [4.78, 5) is 1.35. The van der Waals surface area contributed by atoms with Gasteiger partial charge in [-0.3, -0.25) is 0 Å². The highest BCUT2D eigenvalue weighted by Gasteiger charge is 2.18. The molecule has 80 valence electrons. The molecular weight excluding hydrogens is 206 g/mol. The van der Waals surface area contributed by atoms with Gasteiger partial charge >= 0.3 is 0 Å². The lowest BCUT2D eigenvalue weighted by Crippen LogP contribution is -2.25. The SMILES string of the molecule is CC(C)(C)n1nnc(CS(N)(=O)=O)n1. The summed E-state index contributed by atoms with van der Waals surface area (Å²) in [5.41, 5.74) is -0.316. The molecule has 0 spiro atoms. The van der Waals surface area contributed by atoms with Gasteiger partial charge in [0.05, 0.1) is 5.54 Å². The molecule has 0 aliphatic heterocycles. The van der Waals surface area contributed by atoms with Crippen LogP contribution in [0.25, 0.3) is 0 Å². The van der Waals surface area contributed by atoms with Crippen molar-refractivity contribution >= 4 is 10.0 Å². The third-order valence-corrected chi connectivity index (χ3v) is 2.05. The van der Waals surface area contributed by atoms with Gasteiger partial charge in [-0.05, 0) is 26.0 Å². The van der Waals surface area contributed by atoms with Gasteiger partial charge in [-0.2, -0.15) is 4.80 Å². The van der Waals surface area contributed by atoms with E-state index in [1.165, 1.54) is 4.80 Å². The second-order valence-electron chi connectivity index (χ2n) is 3.97. The number of aromatic nitrogens is 4. The first-order valence-corrected chi connectivity index (χ1v) is 5.70. The summed E-state index contributed by atoms with van der Waals surface area (Å²) in [7, 11) is -3.59. The lowest BCUT2D eigenvalue weighted by molar-refractivity contribution is 0.305. The first-order chi connectivity index (χ1) is 6.18. The minimum atomic E-state index is -3.59. The minimum absolute atomic E-state index is 0.113. The van der Waals surface area contributed by atoms with E-state index in [4.69, 9.17) is 5.14 Å². The third-order valence-electron chi connectivity index (χ3n) is 1.39. The Balaban J connectivity index is 2.90. The van der Waals surface area contributed by atoms with Crippen LogP contribution in [0.15, 0.2) is 0 Å². The Morgan fingerprint density at radius 1 is 1.43 bits per heavy atom. The number of primary sulfonamides is 1. The van der Waals surface area contributed by atoms with Crippen LogP contribution in [0.4, 0.5) is 0 Å². The molecule has 0 radical (unpaired) electrons. The number of tetrazole rings is 1. The number of sulfonamides is 1. The van der Waals surface area contributed by atoms with Crippen LogP contribution in [0.1, 0.15) is 26.6 Å². The van der Waals surface area contributed by atoms with Crippen molar-refractivity contribution < 1.29 is 8.42 Å². The second kappa shape index (κ2) is 3.28. The summed E-state index contributed by atoms with van der Waals surface area (Å²) in [6, 6.07) is 0. The average molecular weight is 219 g/mol. The zero-order valence-corrected chi connectivity index (χ0v) is 9.11. The molecule has 1 rings (SSSR count). The van der Waals surface area contributed by atoms with E-state index in [1.54, 1.807) is 0 Å². The van der Waals surface area contributed by atoms with Crippen LogP contribution >= 0.6 is 0 Å². The predicted octanol–water partition coefficient (Wildman–Crippen LogP) is -0.783. The Kier molecular flexibility index (Phi) is 2.59. The molecule has 0 aliphatic rings. The van der Waals surface area contributed by atoms with E-state index >= 15 is 0 Å². The molecule has 2 N–H and O–H groups in total. The predicted molar refractivity (Wildman–Crippen MR) is 49.6 cm³/mol. The topological polar surface area (TPSA) is 104 Å². The van der Waals surface area contributed by atoms with Crippen molar-refractivity contribution in [2.45, 2.75) is 32.1 Å². The van der Waals surface area contributed by atoms with Gasteiger partial charge in [0.2, 0.25) is 10.0 Å². The lowest BCUT2D eigenvalue weighted by Gasteiger charge is -2.15. The first kappa shape index (κ1) is 11.1. The molecule has 8 heteroatoms. The largest absolute Gasteiger partial charge is 0.228 e. The van der Waals surface area contributed by atoms with E-state index in [1.807, 2.05) is 20.8 Å². The Bertz CT molecular complexity index is 416. The lowest BCUT2D eigenvalue weighted by atomic mass is 10.1. The van der Waals surface area contributed by atoms with E-state index in [9.17, 15) is 8.42 Å². The summed E-state index contributed by atoms with van der Waals surface area (Å²) in [6.07, 6.45) is 0. The molecule has 0 saturated heterocycles. The van der Waals surface area contributed by atoms with Gasteiger partial charge in [0, 0.05) is 0 Å². The van der Waals surface area contributed by atoms with Crippen molar-refractivity contribution in [2.24, 2.45) is 5.14 Å². The summed E-state index contributed by atoms with van der Waals surface area (Å²) < 4.78 is 21.4. The van der Waals surface area contributed by atoms with Crippen molar-refractivity contribution in [3.63, 3.8) is 0 Å².